The van der Waals surface area contributed by atoms with Gasteiger partial charge >= 0.3 is 5.97 Å². The van der Waals surface area contributed by atoms with Gasteiger partial charge in [0.2, 0.25) is 5.91 Å². The molecule has 2 atom stereocenters. The van der Waals surface area contributed by atoms with Crippen LogP contribution in [0, 0.1) is 11.3 Å². The fourth-order valence-corrected chi connectivity index (χ4v) is 2.40. The molecule has 3 N–H and O–H groups in total. The molecule has 0 saturated carbocycles. The van der Waals surface area contributed by atoms with Crippen molar-refractivity contribution in [2.45, 2.75) is 31.4 Å². The van der Waals surface area contributed by atoms with Gasteiger partial charge in [0.25, 0.3) is 0 Å². The maximum atomic E-state index is 12.0. The number of carbonyl (C=O) groups is 2. The number of aliphatic carboxylic acids is 1. The van der Waals surface area contributed by atoms with Crippen molar-refractivity contribution in [2.75, 3.05) is 18.5 Å². The van der Waals surface area contributed by atoms with Crippen molar-refractivity contribution in [3.63, 3.8) is 0 Å². The minimum Gasteiger partial charge on any atom is -0.480 e. The van der Waals surface area contributed by atoms with Crippen molar-refractivity contribution in [3.05, 3.63) is 29.8 Å². The first-order valence-electron chi connectivity index (χ1n) is 7.47. The summed E-state index contributed by atoms with van der Waals surface area (Å²) in [5, 5.41) is 23.6. The Kier molecular flexibility index (Phi) is 6.09. The molecule has 122 valence electrons. The summed E-state index contributed by atoms with van der Waals surface area (Å²) in [7, 11) is 0. The molecule has 1 aromatic rings. The average molecular weight is 317 g/mol. The van der Waals surface area contributed by atoms with E-state index in [2.05, 4.69) is 10.6 Å². The Bertz CT molecular complexity index is 606. The maximum Gasteiger partial charge on any atom is 0.321 e. The molecule has 1 aliphatic heterocycles. The number of carbonyl (C=O) groups excluding carboxylic acids is 1. The zero-order chi connectivity index (χ0) is 16.7. The topological polar surface area (TPSA) is 111 Å². The Hall–Kier alpha value is -2.43. The first-order chi connectivity index (χ1) is 11.1. The normalized spacial score (nSPS) is 18.1. The number of para-hydroxylation sites is 1. The molecule has 0 unspecified atom stereocenters. The third-order valence-corrected chi connectivity index (χ3v) is 3.63. The molecule has 1 amide bonds. The van der Waals surface area contributed by atoms with Gasteiger partial charge in [-0.25, -0.2) is 0 Å². The number of carboxylic acids is 1. The van der Waals surface area contributed by atoms with Crippen LogP contribution in [0.2, 0.25) is 0 Å². The van der Waals surface area contributed by atoms with Crippen molar-refractivity contribution in [1.82, 2.24) is 5.32 Å². The van der Waals surface area contributed by atoms with Crippen LogP contribution in [0.3, 0.4) is 0 Å². The molecule has 7 heteroatoms. The van der Waals surface area contributed by atoms with Crippen LogP contribution in [0.25, 0.3) is 0 Å². The molecule has 1 fully saturated rings. The number of nitriles is 1. The highest BCUT2D eigenvalue weighted by Gasteiger charge is 2.24. The largest absolute Gasteiger partial charge is 0.480 e. The number of benzene rings is 1. The van der Waals surface area contributed by atoms with Gasteiger partial charge in [-0.3, -0.25) is 9.59 Å². The van der Waals surface area contributed by atoms with E-state index in [0.29, 0.717) is 24.4 Å². The molecule has 2 rings (SSSR count). The summed E-state index contributed by atoms with van der Waals surface area (Å²) in [6.45, 7) is 1.09. The van der Waals surface area contributed by atoms with E-state index in [1.807, 2.05) is 6.07 Å². The van der Waals surface area contributed by atoms with Crippen LogP contribution >= 0.6 is 0 Å². The van der Waals surface area contributed by atoms with Gasteiger partial charge in [0.1, 0.15) is 12.1 Å². The summed E-state index contributed by atoms with van der Waals surface area (Å²) >= 11 is 0. The summed E-state index contributed by atoms with van der Waals surface area (Å²) in [5.74, 6) is -1.55. The van der Waals surface area contributed by atoms with Gasteiger partial charge in [-0.2, -0.15) is 5.26 Å². The Morgan fingerprint density at radius 2 is 2.22 bits per heavy atom. The molecule has 1 aromatic carbocycles. The monoisotopic (exact) mass is 317 g/mol. The molecule has 1 saturated heterocycles. The molecular formula is C16H19N3O4. The molecule has 23 heavy (non-hydrogen) atoms. The number of nitrogens with zero attached hydrogens (tertiary/aromatic N) is 1. The van der Waals surface area contributed by atoms with Crippen molar-refractivity contribution in [1.29, 1.82) is 5.26 Å². The molecular weight excluding hydrogens is 298 g/mol. The Labute approximate surface area is 134 Å². The molecule has 0 aromatic heterocycles. The van der Waals surface area contributed by atoms with E-state index >= 15 is 0 Å². The van der Waals surface area contributed by atoms with Crippen LogP contribution in [0.15, 0.2) is 24.3 Å². The van der Waals surface area contributed by atoms with Crippen molar-refractivity contribution >= 4 is 17.6 Å². The van der Waals surface area contributed by atoms with E-state index in [1.54, 1.807) is 24.3 Å². The predicted octanol–water partition coefficient (Wildman–Crippen LogP) is 1.11. The Balaban J connectivity index is 1.89. The van der Waals surface area contributed by atoms with E-state index in [4.69, 9.17) is 10.00 Å². The van der Waals surface area contributed by atoms with Crippen LogP contribution in [-0.4, -0.2) is 42.3 Å². The molecule has 1 heterocycles. The number of rotatable bonds is 7. The van der Waals surface area contributed by atoms with Crippen LogP contribution in [0.1, 0.15) is 24.8 Å². The third kappa shape index (κ3) is 5.06. The lowest BCUT2D eigenvalue weighted by Crippen LogP contribution is -2.43. The summed E-state index contributed by atoms with van der Waals surface area (Å²) in [6, 6.07) is 7.56. The SMILES string of the molecule is N#Cc1ccccc1NC(=O)C[C@H](NC[C@H]1CCCO1)C(=O)O. The van der Waals surface area contributed by atoms with E-state index < -0.39 is 17.9 Å². The number of nitrogens with one attached hydrogen (secondary N) is 2. The van der Waals surface area contributed by atoms with Gasteiger partial charge in [-0.15, -0.1) is 0 Å². The molecule has 1 aliphatic rings. The Morgan fingerprint density at radius 1 is 1.43 bits per heavy atom. The zero-order valence-electron chi connectivity index (χ0n) is 12.6. The van der Waals surface area contributed by atoms with Crippen LogP contribution in [-0.2, 0) is 14.3 Å². The second-order valence-electron chi connectivity index (χ2n) is 5.34. The van der Waals surface area contributed by atoms with Crippen molar-refractivity contribution in [2.24, 2.45) is 0 Å². The minimum atomic E-state index is -1.09. The van der Waals surface area contributed by atoms with E-state index in [-0.39, 0.29) is 12.5 Å². The number of amides is 1. The van der Waals surface area contributed by atoms with E-state index in [0.717, 1.165) is 12.8 Å². The predicted molar refractivity (Wildman–Crippen MR) is 82.8 cm³/mol. The second-order valence-corrected chi connectivity index (χ2v) is 5.34. The Morgan fingerprint density at radius 3 is 2.87 bits per heavy atom. The van der Waals surface area contributed by atoms with Gasteiger partial charge in [0.05, 0.1) is 23.8 Å². The molecule has 0 aliphatic carbocycles. The summed E-state index contributed by atoms with van der Waals surface area (Å²) in [6.07, 6.45) is 1.64. The van der Waals surface area contributed by atoms with Crippen molar-refractivity contribution in [3.8, 4) is 6.07 Å². The first kappa shape index (κ1) is 16.9. The second kappa shape index (κ2) is 8.27. The quantitative estimate of drug-likeness (QED) is 0.694. The standard InChI is InChI=1S/C16H19N3O4/c17-9-11-4-1-2-6-13(11)19-15(20)8-14(16(21)22)18-10-12-5-3-7-23-12/h1-2,4,6,12,14,18H,3,5,7-8,10H2,(H,19,20)(H,21,22)/t12-,14+/m1/s1. The van der Waals surface area contributed by atoms with Crippen molar-refractivity contribution < 1.29 is 19.4 Å². The zero-order valence-corrected chi connectivity index (χ0v) is 12.6. The number of ether oxygens (including phenoxy) is 1. The number of anilines is 1. The molecule has 0 spiro atoms. The summed E-state index contributed by atoms with van der Waals surface area (Å²) < 4.78 is 5.42. The lowest BCUT2D eigenvalue weighted by atomic mass is 10.1. The lowest BCUT2D eigenvalue weighted by molar-refractivity contribution is -0.141. The summed E-state index contributed by atoms with van der Waals surface area (Å²) in [4.78, 5) is 23.3. The maximum absolute atomic E-state index is 12.0. The molecule has 0 bridgehead atoms. The van der Waals surface area contributed by atoms with E-state index in [9.17, 15) is 14.7 Å². The number of hydrogen-bond donors (Lipinski definition) is 3. The van der Waals surface area contributed by atoms with Gasteiger partial charge in [0.15, 0.2) is 0 Å². The highest BCUT2D eigenvalue weighted by atomic mass is 16.5. The van der Waals surface area contributed by atoms with Crippen LogP contribution in [0.5, 0.6) is 0 Å². The van der Waals surface area contributed by atoms with Gasteiger partial charge in [0, 0.05) is 13.2 Å². The number of carboxylic acid groups (broad SMARTS) is 1. The van der Waals surface area contributed by atoms with Gasteiger partial charge < -0.3 is 20.5 Å². The van der Waals surface area contributed by atoms with Crippen LogP contribution < -0.4 is 10.6 Å². The minimum absolute atomic E-state index is 0.000717. The fourth-order valence-electron chi connectivity index (χ4n) is 2.40. The third-order valence-electron chi connectivity index (χ3n) is 3.63. The number of hydrogen-bond acceptors (Lipinski definition) is 5. The smallest absolute Gasteiger partial charge is 0.321 e. The van der Waals surface area contributed by atoms with Gasteiger partial charge in [-0.1, -0.05) is 12.1 Å². The molecule has 7 nitrogen and oxygen atoms in total. The highest BCUT2D eigenvalue weighted by Crippen LogP contribution is 2.14. The molecule has 0 radical (unpaired) electrons. The van der Waals surface area contributed by atoms with Gasteiger partial charge in [-0.05, 0) is 25.0 Å². The highest BCUT2D eigenvalue weighted by molar-refractivity contribution is 5.95. The average Bonchev–Trinajstić information content (AvgIpc) is 3.05. The lowest BCUT2D eigenvalue weighted by Gasteiger charge is -2.17. The first-order valence-corrected chi connectivity index (χ1v) is 7.47. The van der Waals surface area contributed by atoms with Crippen LogP contribution in [0.4, 0.5) is 5.69 Å². The summed E-state index contributed by atoms with van der Waals surface area (Å²) in [5.41, 5.74) is 0.711. The fraction of sp³-hybridized carbons (Fsp3) is 0.438. The van der Waals surface area contributed by atoms with E-state index in [1.165, 1.54) is 0 Å².